The highest BCUT2D eigenvalue weighted by Gasteiger charge is 2.25. The van der Waals surface area contributed by atoms with Gasteiger partial charge in [0.25, 0.3) is 0 Å². The molecule has 1 heterocycles. The van der Waals surface area contributed by atoms with E-state index in [0.717, 1.165) is 5.69 Å². The number of amides is 2. The second kappa shape index (κ2) is 5.50. The summed E-state index contributed by atoms with van der Waals surface area (Å²) in [7, 11) is 1.72. The zero-order chi connectivity index (χ0) is 13.9. The topological polar surface area (TPSA) is 116 Å². The Hall–Kier alpha value is -2.09. The van der Waals surface area contributed by atoms with Gasteiger partial charge in [-0.2, -0.15) is 5.10 Å². The fraction of sp³-hybridized carbons (Fsp3) is 0.500. The molecule has 2 atom stereocenters. The lowest BCUT2D eigenvalue weighted by Gasteiger charge is -2.16. The molecule has 0 aliphatic heterocycles. The largest absolute Gasteiger partial charge is 0.480 e. The van der Waals surface area contributed by atoms with Gasteiger partial charge in [-0.05, 0) is 13.8 Å². The zero-order valence-electron chi connectivity index (χ0n) is 10.3. The molecule has 0 spiro atoms. The van der Waals surface area contributed by atoms with Crippen molar-refractivity contribution in [2.75, 3.05) is 5.32 Å². The number of carboxylic acids is 1. The number of aliphatic hydroxyl groups is 1. The highest BCUT2D eigenvalue weighted by atomic mass is 16.4. The Bertz CT molecular complexity index is 435. The third-order valence-corrected chi connectivity index (χ3v) is 2.39. The predicted molar refractivity (Wildman–Crippen MR) is 63.2 cm³/mol. The van der Waals surface area contributed by atoms with Gasteiger partial charge in [0, 0.05) is 18.8 Å². The smallest absolute Gasteiger partial charge is 0.328 e. The second-order valence-corrected chi connectivity index (χ2v) is 3.95. The normalized spacial score (nSPS) is 13.8. The predicted octanol–water partition coefficient (Wildman–Crippen LogP) is -0.316. The van der Waals surface area contributed by atoms with Crippen molar-refractivity contribution in [3.8, 4) is 0 Å². The van der Waals surface area contributed by atoms with Crippen LogP contribution in [0.3, 0.4) is 0 Å². The summed E-state index contributed by atoms with van der Waals surface area (Å²) >= 11 is 0. The summed E-state index contributed by atoms with van der Waals surface area (Å²) in [6.45, 7) is 3.09. The Labute approximate surface area is 104 Å². The number of hydrogen-bond acceptors (Lipinski definition) is 4. The van der Waals surface area contributed by atoms with E-state index in [0.29, 0.717) is 5.82 Å². The number of hydrogen-bond donors (Lipinski definition) is 4. The highest BCUT2D eigenvalue weighted by molar-refractivity contribution is 5.91. The first-order valence-electron chi connectivity index (χ1n) is 5.30. The SMILES string of the molecule is Cc1cc(NC(=O)N[C@H](C(=O)O)[C@@H](C)O)nn1C. The van der Waals surface area contributed by atoms with E-state index in [1.807, 2.05) is 6.92 Å². The summed E-state index contributed by atoms with van der Waals surface area (Å²) in [6.07, 6.45) is -1.20. The Balaban J connectivity index is 2.63. The molecule has 0 saturated heterocycles. The summed E-state index contributed by atoms with van der Waals surface area (Å²) < 4.78 is 1.57. The minimum absolute atomic E-state index is 0.308. The molecule has 0 bridgehead atoms. The summed E-state index contributed by atoms with van der Waals surface area (Å²) in [5.74, 6) is -1.00. The molecular formula is C10H16N4O4. The van der Waals surface area contributed by atoms with E-state index in [9.17, 15) is 14.7 Å². The van der Waals surface area contributed by atoms with Gasteiger partial charge in [-0.1, -0.05) is 0 Å². The molecule has 2 amide bonds. The van der Waals surface area contributed by atoms with Crippen LogP contribution in [-0.4, -0.2) is 44.1 Å². The molecule has 1 aromatic rings. The molecule has 8 nitrogen and oxygen atoms in total. The van der Waals surface area contributed by atoms with Crippen molar-refractivity contribution in [3.05, 3.63) is 11.8 Å². The van der Waals surface area contributed by atoms with Gasteiger partial charge < -0.3 is 15.5 Å². The number of aliphatic carboxylic acids is 1. The van der Waals surface area contributed by atoms with Crippen LogP contribution in [0.4, 0.5) is 10.6 Å². The average molecular weight is 256 g/mol. The van der Waals surface area contributed by atoms with Crippen LogP contribution in [0.1, 0.15) is 12.6 Å². The van der Waals surface area contributed by atoms with E-state index in [1.165, 1.54) is 6.92 Å². The Morgan fingerprint density at radius 2 is 2.11 bits per heavy atom. The average Bonchev–Trinajstić information content (AvgIpc) is 2.53. The molecule has 8 heteroatoms. The van der Waals surface area contributed by atoms with Crippen LogP contribution < -0.4 is 10.6 Å². The first-order chi connectivity index (χ1) is 8.31. The van der Waals surface area contributed by atoms with E-state index in [4.69, 9.17) is 5.11 Å². The zero-order valence-corrected chi connectivity index (χ0v) is 10.3. The second-order valence-electron chi connectivity index (χ2n) is 3.95. The maximum atomic E-state index is 11.5. The first-order valence-corrected chi connectivity index (χ1v) is 5.30. The van der Waals surface area contributed by atoms with E-state index < -0.39 is 24.1 Å². The van der Waals surface area contributed by atoms with Crippen LogP contribution in [-0.2, 0) is 11.8 Å². The van der Waals surface area contributed by atoms with E-state index in [1.54, 1.807) is 17.8 Å². The molecule has 4 N–H and O–H groups in total. The molecule has 0 unspecified atom stereocenters. The summed E-state index contributed by atoms with van der Waals surface area (Å²) in [5.41, 5.74) is 0.843. The van der Waals surface area contributed by atoms with Crippen molar-refractivity contribution >= 4 is 17.8 Å². The van der Waals surface area contributed by atoms with Crippen molar-refractivity contribution in [1.82, 2.24) is 15.1 Å². The Morgan fingerprint density at radius 1 is 1.50 bits per heavy atom. The number of nitrogens with zero attached hydrogens (tertiary/aromatic N) is 2. The lowest BCUT2D eigenvalue weighted by Crippen LogP contribution is -2.49. The fourth-order valence-corrected chi connectivity index (χ4v) is 1.30. The fourth-order valence-electron chi connectivity index (χ4n) is 1.30. The summed E-state index contributed by atoms with van der Waals surface area (Å²) in [6, 6.07) is -0.464. The molecule has 100 valence electrons. The van der Waals surface area contributed by atoms with Crippen LogP contribution in [0.2, 0.25) is 0 Å². The van der Waals surface area contributed by atoms with E-state index >= 15 is 0 Å². The number of rotatable bonds is 4. The van der Waals surface area contributed by atoms with Gasteiger partial charge in [0.2, 0.25) is 0 Å². The number of aryl methyl sites for hydroxylation is 2. The standard InChI is InChI=1S/C10H16N4O4/c1-5-4-7(13-14(5)3)11-10(18)12-8(6(2)15)9(16)17/h4,6,8,15H,1-3H3,(H,16,17)(H2,11,12,13,18)/t6-,8+/m1/s1. The third-order valence-electron chi connectivity index (χ3n) is 2.39. The minimum atomic E-state index is -1.37. The van der Waals surface area contributed by atoms with Crippen molar-refractivity contribution < 1.29 is 19.8 Å². The van der Waals surface area contributed by atoms with Crippen LogP contribution in [0.25, 0.3) is 0 Å². The lowest BCUT2D eigenvalue weighted by atomic mass is 10.2. The van der Waals surface area contributed by atoms with Gasteiger partial charge in [0.15, 0.2) is 11.9 Å². The summed E-state index contributed by atoms with van der Waals surface area (Å²) in [4.78, 5) is 22.3. The molecule has 0 radical (unpaired) electrons. The number of carbonyl (C=O) groups excluding carboxylic acids is 1. The van der Waals surface area contributed by atoms with Crippen molar-refractivity contribution in [2.45, 2.75) is 26.0 Å². The van der Waals surface area contributed by atoms with E-state index in [-0.39, 0.29) is 0 Å². The molecule has 1 aromatic heterocycles. The van der Waals surface area contributed by atoms with Gasteiger partial charge in [-0.15, -0.1) is 0 Å². The molecule has 0 aliphatic rings. The molecular weight excluding hydrogens is 240 g/mol. The molecule has 0 aromatic carbocycles. The number of aromatic nitrogens is 2. The van der Waals surface area contributed by atoms with Gasteiger partial charge >= 0.3 is 12.0 Å². The number of nitrogens with one attached hydrogen (secondary N) is 2. The number of aliphatic hydroxyl groups excluding tert-OH is 1. The maximum Gasteiger partial charge on any atom is 0.328 e. The maximum absolute atomic E-state index is 11.5. The summed E-state index contributed by atoms with van der Waals surface area (Å²) in [5, 5.41) is 26.5. The number of carbonyl (C=O) groups is 2. The minimum Gasteiger partial charge on any atom is -0.480 e. The Morgan fingerprint density at radius 3 is 2.50 bits per heavy atom. The molecule has 0 fully saturated rings. The van der Waals surface area contributed by atoms with Crippen LogP contribution in [0, 0.1) is 6.92 Å². The molecule has 0 saturated carbocycles. The number of urea groups is 1. The van der Waals surface area contributed by atoms with Crippen LogP contribution in [0.15, 0.2) is 6.07 Å². The number of carboxylic acid groups (broad SMARTS) is 1. The van der Waals surface area contributed by atoms with Gasteiger partial charge in [0.1, 0.15) is 0 Å². The Kier molecular flexibility index (Phi) is 4.27. The van der Waals surface area contributed by atoms with Crippen LogP contribution in [0.5, 0.6) is 0 Å². The molecule has 18 heavy (non-hydrogen) atoms. The lowest BCUT2D eigenvalue weighted by molar-refractivity contribution is -0.141. The first kappa shape index (κ1) is 14.0. The van der Waals surface area contributed by atoms with Gasteiger partial charge in [0.05, 0.1) is 6.10 Å². The highest BCUT2D eigenvalue weighted by Crippen LogP contribution is 2.06. The van der Waals surface area contributed by atoms with E-state index in [2.05, 4.69) is 15.7 Å². The van der Waals surface area contributed by atoms with Gasteiger partial charge in [-0.25, -0.2) is 9.59 Å². The molecule has 0 aliphatic carbocycles. The van der Waals surface area contributed by atoms with Crippen molar-refractivity contribution in [1.29, 1.82) is 0 Å². The quantitative estimate of drug-likeness (QED) is 0.589. The third kappa shape index (κ3) is 3.45. The van der Waals surface area contributed by atoms with Gasteiger partial charge in [-0.3, -0.25) is 10.00 Å². The monoisotopic (exact) mass is 256 g/mol. The van der Waals surface area contributed by atoms with Crippen molar-refractivity contribution in [3.63, 3.8) is 0 Å². The van der Waals surface area contributed by atoms with Crippen LogP contribution >= 0.6 is 0 Å². The number of anilines is 1. The van der Waals surface area contributed by atoms with Crippen molar-refractivity contribution in [2.24, 2.45) is 7.05 Å². The molecule has 1 rings (SSSR count).